The van der Waals surface area contributed by atoms with Crippen LogP contribution in [-0.2, 0) is 0 Å². The van der Waals surface area contributed by atoms with Gasteiger partial charge in [0.15, 0.2) is 0 Å². The third-order valence-corrected chi connectivity index (χ3v) is 4.33. The molecule has 4 rings (SSSR count). The molecule has 2 aromatic heterocycles. The number of nitrogens with zero attached hydrogens (tertiary/aromatic N) is 2. The highest BCUT2D eigenvalue weighted by molar-refractivity contribution is 7.12. The van der Waals surface area contributed by atoms with Crippen LogP contribution < -0.4 is 0 Å². The lowest BCUT2D eigenvalue weighted by molar-refractivity contribution is 1.12. The lowest BCUT2D eigenvalue weighted by Gasteiger charge is -1.98. The zero-order valence-corrected chi connectivity index (χ0v) is 12.5. The van der Waals surface area contributed by atoms with Gasteiger partial charge < -0.3 is 0 Å². The van der Waals surface area contributed by atoms with E-state index in [0.29, 0.717) is 0 Å². The van der Waals surface area contributed by atoms with E-state index >= 15 is 0 Å². The number of rotatable bonds is 1. The van der Waals surface area contributed by atoms with Crippen molar-refractivity contribution in [2.24, 2.45) is 0 Å². The Morgan fingerprint density at radius 3 is 2.55 bits per heavy atom. The van der Waals surface area contributed by atoms with Crippen molar-refractivity contribution in [3.8, 4) is 16.8 Å². The highest BCUT2D eigenvalue weighted by Gasteiger charge is 2.05. The molecule has 0 aliphatic carbocycles. The van der Waals surface area contributed by atoms with Crippen LogP contribution in [0.5, 0.6) is 0 Å². The van der Waals surface area contributed by atoms with E-state index in [9.17, 15) is 0 Å². The molecule has 0 bridgehead atoms. The highest BCUT2D eigenvalue weighted by Crippen LogP contribution is 2.23. The topological polar surface area (TPSA) is 17.8 Å². The average Bonchev–Trinajstić information content (AvgIpc) is 3.20. The van der Waals surface area contributed by atoms with E-state index in [1.807, 2.05) is 54.9 Å². The van der Waals surface area contributed by atoms with E-state index in [1.165, 1.54) is 0 Å². The summed E-state index contributed by atoms with van der Waals surface area (Å²) in [6.45, 7) is 0. The molecule has 3 heteroatoms. The van der Waals surface area contributed by atoms with Crippen molar-refractivity contribution in [1.29, 1.82) is 0 Å². The Morgan fingerprint density at radius 1 is 0.864 bits per heavy atom. The molecule has 22 heavy (non-hydrogen) atoms. The maximum Gasteiger partial charge on any atom is 0.102 e. The second-order valence-corrected chi connectivity index (χ2v) is 5.78. The molecule has 4 aromatic rings. The van der Waals surface area contributed by atoms with Gasteiger partial charge in [0.25, 0.3) is 0 Å². The summed E-state index contributed by atoms with van der Waals surface area (Å²) >= 11 is 1.68. The number of thiophene rings is 1. The quantitative estimate of drug-likeness (QED) is 0.474. The fraction of sp³-hybridized carbons (Fsp3) is 0. The maximum absolute atomic E-state index is 4.43. The van der Waals surface area contributed by atoms with Crippen LogP contribution in [0.4, 0.5) is 0 Å². The molecule has 0 saturated carbocycles. The van der Waals surface area contributed by atoms with E-state index < -0.39 is 0 Å². The number of aromatic nitrogens is 2. The van der Waals surface area contributed by atoms with E-state index in [2.05, 4.69) is 38.9 Å². The average molecular weight is 300 g/mol. The number of para-hydroxylation sites is 2. The molecule has 0 aliphatic heterocycles. The molecule has 0 atom stereocenters. The van der Waals surface area contributed by atoms with Crippen LogP contribution in [0.2, 0.25) is 0 Å². The molecule has 0 radical (unpaired) electrons. The molecule has 0 fully saturated rings. The van der Waals surface area contributed by atoms with E-state index in [4.69, 9.17) is 0 Å². The Hall–Kier alpha value is -2.83. The summed E-state index contributed by atoms with van der Waals surface area (Å²) in [4.78, 5) is 4.43. The minimum Gasteiger partial charge on any atom is -0.290 e. The van der Waals surface area contributed by atoms with Gasteiger partial charge in [-0.1, -0.05) is 42.2 Å². The number of fused-ring (bicyclic) bond motifs is 1. The fourth-order valence-corrected chi connectivity index (χ4v) is 3.15. The third-order valence-electron chi connectivity index (χ3n) is 3.40. The van der Waals surface area contributed by atoms with Gasteiger partial charge in [-0.15, -0.1) is 11.3 Å². The van der Waals surface area contributed by atoms with Crippen LogP contribution in [0.1, 0.15) is 11.1 Å². The van der Waals surface area contributed by atoms with Gasteiger partial charge in [0, 0.05) is 16.5 Å². The SMILES string of the molecule is C(#Cc1csc(-n2cnc3ccccc32)c1)c1ccccc1. The van der Waals surface area contributed by atoms with Crippen LogP contribution in [0.15, 0.2) is 72.4 Å². The van der Waals surface area contributed by atoms with Gasteiger partial charge in [-0.25, -0.2) is 4.98 Å². The summed E-state index contributed by atoms with van der Waals surface area (Å²) < 4.78 is 2.10. The number of imidazole rings is 1. The fourth-order valence-electron chi connectivity index (χ4n) is 2.32. The molecular formula is C19H12N2S. The first-order chi connectivity index (χ1) is 10.9. The lowest BCUT2D eigenvalue weighted by Crippen LogP contribution is -1.86. The molecule has 104 valence electrons. The zero-order valence-electron chi connectivity index (χ0n) is 11.7. The van der Waals surface area contributed by atoms with Crippen molar-refractivity contribution >= 4 is 22.4 Å². The number of hydrogen-bond donors (Lipinski definition) is 0. The highest BCUT2D eigenvalue weighted by atomic mass is 32.1. The largest absolute Gasteiger partial charge is 0.290 e. The Labute approximate surface area is 132 Å². The van der Waals surface area contributed by atoms with Crippen LogP contribution in [0, 0.1) is 11.8 Å². The van der Waals surface area contributed by atoms with Crippen molar-refractivity contribution in [3.63, 3.8) is 0 Å². The predicted octanol–water partition coefficient (Wildman–Crippen LogP) is 4.49. The monoisotopic (exact) mass is 300 g/mol. The van der Waals surface area contributed by atoms with Crippen molar-refractivity contribution in [3.05, 3.63) is 83.5 Å². The first kappa shape index (κ1) is 12.9. The molecule has 0 aliphatic rings. The van der Waals surface area contributed by atoms with Crippen molar-refractivity contribution in [2.45, 2.75) is 0 Å². The van der Waals surface area contributed by atoms with Gasteiger partial charge in [-0.05, 0) is 30.3 Å². The first-order valence-corrected chi connectivity index (χ1v) is 7.86. The van der Waals surface area contributed by atoms with Gasteiger partial charge in [-0.2, -0.15) is 0 Å². The van der Waals surface area contributed by atoms with Crippen molar-refractivity contribution in [2.75, 3.05) is 0 Å². The Kier molecular flexibility index (Phi) is 3.23. The second-order valence-electron chi connectivity index (χ2n) is 4.89. The molecule has 2 heterocycles. The maximum atomic E-state index is 4.43. The summed E-state index contributed by atoms with van der Waals surface area (Å²) in [6, 6.07) is 20.3. The van der Waals surface area contributed by atoms with E-state index in [1.54, 1.807) is 11.3 Å². The van der Waals surface area contributed by atoms with Gasteiger partial charge >= 0.3 is 0 Å². The lowest BCUT2D eigenvalue weighted by atomic mass is 10.2. The summed E-state index contributed by atoms with van der Waals surface area (Å²) in [5.74, 6) is 6.41. The summed E-state index contributed by atoms with van der Waals surface area (Å²) in [7, 11) is 0. The first-order valence-electron chi connectivity index (χ1n) is 6.98. The van der Waals surface area contributed by atoms with E-state index in [-0.39, 0.29) is 0 Å². The number of benzene rings is 2. The molecule has 0 amide bonds. The molecule has 2 aromatic carbocycles. The summed E-state index contributed by atoms with van der Waals surface area (Å²) in [5, 5.41) is 3.21. The van der Waals surface area contributed by atoms with Crippen LogP contribution in [0.3, 0.4) is 0 Å². The normalized spacial score (nSPS) is 10.4. The molecular weight excluding hydrogens is 288 g/mol. The third kappa shape index (κ3) is 2.41. The molecule has 0 unspecified atom stereocenters. The van der Waals surface area contributed by atoms with Crippen molar-refractivity contribution < 1.29 is 0 Å². The van der Waals surface area contributed by atoms with Crippen LogP contribution in [-0.4, -0.2) is 9.55 Å². The van der Waals surface area contributed by atoms with Gasteiger partial charge in [0.2, 0.25) is 0 Å². The Morgan fingerprint density at radius 2 is 1.64 bits per heavy atom. The van der Waals surface area contributed by atoms with Gasteiger partial charge in [0.05, 0.1) is 11.0 Å². The van der Waals surface area contributed by atoms with Crippen LogP contribution in [0.25, 0.3) is 16.0 Å². The summed E-state index contributed by atoms with van der Waals surface area (Å²) in [5.41, 5.74) is 4.18. The Balaban J connectivity index is 1.69. The zero-order chi connectivity index (χ0) is 14.8. The molecule has 2 nitrogen and oxygen atoms in total. The minimum atomic E-state index is 1.01. The predicted molar refractivity (Wildman–Crippen MR) is 91.4 cm³/mol. The standard InChI is InChI=1S/C19H12N2S/c1-2-6-15(7-3-1)10-11-16-12-19(22-13-16)21-14-20-17-8-4-5-9-18(17)21/h1-9,12-14H. The summed E-state index contributed by atoms with van der Waals surface area (Å²) in [6.07, 6.45) is 1.87. The number of hydrogen-bond acceptors (Lipinski definition) is 2. The van der Waals surface area contributed by atoms with Gasteiger partial charge in [-0.3, -0.25) is 4.57 Å². The molecule has 0 spiro atoms. The Bertz CT molecular complexity index is 984. The molecule has 0 saturated heterocycles. The van der Waals surface area contributed by atoms with Gasteiger partial charge in [0.1, 0.15) is 11.3 Å². The van der Waals surface area contributed by atoms with E-state index in [0.717, 1.165) is 27.2 Å². The van der Waals surface area contributed by atoms with Crippen LogP contribution >= 0.6 is 11.3 Å². The smallest absolute Gasteiger partial charge is 0.102 e. The minimum absolute atomic E-state index is 1.01. The second kappa shape index (κ2) is 5.51. The van der Waals surface area contributed by atoms with Crippen molar-refractivity contribution in [1.82, 2.24) is 9.55 Å². The molecule has 0 N–H and O–H groups in total.